The molecule has 0 spiro atoms. The number of hydrogen-bond acceptors (Lipinski definition) is 3. The molecule has 3 heteroatoms. The summed E-state index contributed by atoms with van der Waals surface area (Å²) in [7, 11) is 2.13. The molecule has 0 radical (unpaired) electrons. The molecule has 1 heterocycles. The predicted molar refractivity (Wildman–Crippen MR) is 91.8 cm³/mol. The van der Waals surface area contributed by atoms with Crippen LogP contribution >= 0.6 is 0 Å². The summed E-state index contributed by atoms with van der Waals surface area (Å²) in [5.41, 5.74) is 0.532. The number of rotatable bonds is 7. The van der Waals surface area contributed by atoms with Crippen molar-refractivity contribution in [1.82, 2.24) is 15.1 Å². The minimum atomic E-state index is 0.532. The highest BCUT2D eigenvalue weighted by Gasteiger charge is 2.38. The van der Waals surface area contributed by atoms with Crippen molar-refractivity contribution in [2.24, 2.45) is 11.3 Å². The molecule has 1 saturated heterocycles. The molecular weight excluding hydrogens is 258 g/mol. The van der Waals surface area contributed by atoms with Crippen molar-refractivity contribution < 1.29 is 0 Å². The van der Waals surface area contributed by atoms with E-state index in [2.05, 4.69) is 42.9 Å². The topological polar surface area (TPSA) is 18.5 Å². The Kier molecular flexibility index (Phi) is 6.51. The second-order valence-corrected chi connectivity index (χ2v) is 7.63. The molecule has 124 valence electrons. The molecule has 1 aliphatic heterocycles. The predicted octanol–water partition coefficient (Wildman–Crippen LogP) is 2.82. The van der Waals surface area contributed by atoms with Gasteiger partial charge in [0, 0.05) is 25.7 Å². The van der Waals surface area contributed by atoms with Crippen molar-refractivity contribution in [2.45, 2.75) is 58.9 Å². The number of likely N-dealkylation sites (N-methyl/N-ethyl adjacent to an activating group) is 1. The highest BCUT2D eigenvalue weighted by Crippen LogP contribution is 2.40. The lowest BCUT2D eigenvalue weighted by atomic mass is 9.69. The van der Waals surface area contributed by atoms with Gasteiger partial charge in [0.1, 0.15) is 0 Å². The lowest BCUT2D eigenvalue weighted by Gasteiger charge is -2.42. The van der Waals surface area contributed by atoms with Crippen LogP contribution in [0.2, 0.25) is 0 Å². The van der Waals surface area contributed by atoms with Crippen LogP contribution < -0.4 is 5.32 Å². The van der Waals surface area contributed by atoms with E-state index in [0.717, 1.165) is 12.0 Å². The summed E-state index contributed by atoms with van der Waals surface area (Å²) >= 11 is 0. The first kappa shape index (κ1) is 17.2. The number of nitrogens with one attached hydrogen (secondary N) is 1. The zero-order valence-corrected chi connectivity index (χ0v) is 14.8. The molecule has 2 fully saturated rings. The van der Waals surface area contributed by atoms with Crippen LogP contribution in [-0.4, -0.2) is 62.2 Å². The minimum absolute atomic E-state index is 0.532. The Morgan fingerprint density at radius 1 is 1.24 bits per heavy atom. The molecule has 3 atom stereocenters. The highest BCUT2D eigenvalue weighted by atomic mass is 15.3. The van der Waals surface area contributed by atoms with Gasteiger partial charge in [-0.2, -0.15) is 0 Å². The Labute approximate surface area is 132 Å². The maximum absolute atomic E-state index is 3.49. The van der Waals surface area contributed by atoms with Gasteiger partial charge in [-0.3, -0.25) is 4.90 Å². The van der Waals surface area contributed by atoms with E-state index >= 15 is 0 Å². The van der Waals surface area contributed by atoms with Gasteiger partial charge in [-0.15, -0.1) is 0 Å². The molecule has 0 aromatic rings. The Balaban J connectivity index is 1.92. The van der Waals surface area contributed by atoms with E-state index in [1.54, 1.807) is 0 Å². The smallest absolute Gasteiger partial charge is 0.0235 e. The molecular formula is C18H37N3. The van der Waals surface area contributed by atoms with Crippen molar-refractivity contribution in [3.05, 3.63) is 0 Å². The van der Waals surface area contributed by atoms with E-state index in [-0.39, 0.29) is 0 Å². The molecule has 3 unspecified atom stereocenters. The second-order valence-electron chi connectivity index (χ2n) is 7.63. The molecule has 0 amide bonds. The molecule has 0 aromatic heterocycles. The third-order valence-electron chi connectivity index (χ3n) is 5.87. The second kappa shape index (κ2) is 7.94. The standard InChI is InChI=1S/C18H37N3/c1-5-21(6-2)17-9-11-20(13-17)15-18(14-19-4)10-7-8-16(3)12-18/h16-17,19H,5-15H2,1-4H3. The maximum atomic E-state index is 3.49. The summed E-state index contributed by atoms with van der Waals surface area (Å²) in [4.78, 5) is 5.41. The van der Waals surface area contributed by atoms with Gasteiger partial charge in [-0.25, -0.2) is 0 Å². The zero-order chi connectivity index (χ0) is 15.3. The van der Waals surface area contributed by atoms with Crippen LogP contribution in [0.15, 0.2) is 0 Å². The molecule has 0 aromatic carbocycles. The first-order valence-electron chi connectivity index (χ1n) is 9.23. The molecule has 1 N–H and O–H groups in total. The Morgan fingerprint density at radius 2 is 2.00 bits per heavy atom. The van der Waals surface area contributed by atoms with Crippen molar-refractivity contribution in [2.75, 3.05) is 46.3 Å². The molecule has 21 heavy (non-hydrogen) atoms. The van der Waals surface area contributed by atoms with Crippen LogP contribution in [0.4, 0.5) is 0 Å². The number of hydrogen-bond donors (Lipinski definition) is 1. The fraction of sp³-hybridized carbons (Fsp3) is 1.00. The molecule has 3 nitrogen and oxygen atoms in total. The minimum Gasteiger partial charge on any atom is -0.319 e. The summed E-state index contributed by atoms with van der Waals surface area (Å²) in [6, 6.07) is 0.799. The first-order chi connectivity index (χ1) is 10.1. The van der Waals surface area contributed by atoms with Crippen molar-refractivity contribution >= 4 is 0 Å². The number of likely N-dealkylation sites (tertiary alicyclic amines) is 1. The van der Waals surface area contributed by atoms with Crippen LogP contribution in [0.3, 0.4) is 0 Å². The maximum Gasteiger partial charge on any atom is 0.0235 e. The molecule has 2 aliphatic rings. The summed E-state index contributed by atoms with van der Waals surface area (Å²) in [5.74, 6) is 0.910. The van der Waals surface area contributed by atoms with Crippen LogP contribution in [0.25, 0.3) is 0 Å². The normalized spacial score (nSPS) is 34.7. The van der Waals surface area contributed by atoms with E-state index in [4.69, 9.17) is 0 Å². The van der Waals surface area contributed by atoms with Gasteiger partial charge < -0.3 is 10.2 Å². The van der Waals surface area contributed by atoms with Crippen molar-refractivity contribution in [3.8, 4) is 0 Å². The van der Waals surface area contributed by atoms with Crippen LogP contribution in [-0.2, 0) is 0 Å². The molecule has 1 aliphatic carbocycles. The molecule has 2 rings (SSSR count). The third kappa shape index (κ3) is 4.43. The van der Waals surface area contributed by atoms with Gasteiger partial charge in [-0.1, -0.05) is 33.6 Å². The fourth-order valence-corrected chi connectivity index (χ4v) is 4.97. The van der Waals surface area contributed by atoms with E-state index in [1.807, 2.05) is 0 Å². The quantitative estimate of drug-likeness (QED) is 0.779. The Bertz CT molecular complexity index is 299. The molecule has 1 saturated carbocycles. The highest BCUT2D eigenvalue weighted by molar-refractivity contribution is 4.92. The van der Waals surface area contributed by atoms with Crippen LogP contribution in [0, 0.1) is 11.3 Å². The lowest BCUT2D eigenvalue weighted by molar-refractivity contribution is 0.0883. The van der Waals surface area contributed by atoms with Crippen LogP contribution in [0.1, 0.15) is 52.9 Å². The van der Waals surface area contributed by atoms with Crippen molar-refractivity contribution in [3.63, 3.8) is 0 Å². The van der Waals surface area contributed by atoms with Crippen molar-refractivity contribution in [1.29, 1.82) is 0 Å². The average Bonchev–Trinajstić information content (AvgIpc) is 2.88. The van der Waals surface area contributed by atoms with E-state index < -0.39 is 0 Å². The van der Waals surface area contributed by atoms with Gasteiger partial charge in [0.15, 0.2) is 0 Å². The average molecular weight is 296 g/mol. The van der Waals surface area contributed by atoms with E-state index in [9.17, 15) is 0 Å². The molecule has 0 bridgehead atoms. The van der Waals surface area contributed by atoms with Crippen LogP contribution in [0.5, 0.6) is 0 Å². The van der Waals surface area contributed by atoms with Gasteiger partial charge in [0.05, 0.1) is 0 Å². The largest absolute Gasteiger partial charge is 0.319 e. The fourth-order valence-electron chi connectivity index (χ4n) is 4.97. The summed E-state index contributed by atoms with van der Waals surface area (Å²) in [6.45, 7) is 14.6. The van der Waals surface area contributed by atoms with Gasteiger partial charge in [-0.05, 0) is 57.3 Å². The summed E-state index contributed by atoms with van der Waals surface area (Å²) < 4.78 is 0. The third-order valence-corrected chi connectivity index (χ3v) is 5.87. The van der Waals surface area contributed by atoms with E-state index in [0.29, 0.717) is 5.41 Å². The summed E-state index contributed by atoms with van der Waals surface area (Å²) in [5, 5.41) is 3.49. The SMILES string of the molecule is CCN(CC)C1CCN(CC2(CNC)CCCC(C)C2)C1. The monoisotopic (exact) mass is 295 g/mol. The van der Waals surface area contributed by atoms with Gasteiger partial charge in [0.25, 0.3) is 0 Å². The zero-order valence-electron chi connectivity index (χ0n) is 14.8. The summed E-state index contributed by atoms with van der Waals surface area (Å²) in [6.07, 6.45) is 7.07. The van der Waals surface area contributed by atoms with Gasteiger partial charge in [0.2, 0.25) is 0 Å². The lowest BCUT2D eigenvalue weighted by Crippen LogP contribution is -2.46. The first-order valence-corrected chi connectivity index (χ1v) is 9.23. The number of nitrogens with zero attached hydrogens (tertiary/aromatic N) is 2. The van der Waals surface area contributed by atoms with Gasteiger partial charge >= 0.3 is 0 Å². The van der Waals surface area contributed by atoms with E-state index in [1.165, 1.54) is 71.4 Å². The Morgan fingerprint density at radius 3 is 2.62 bits per heavy atom. The Hall–Kier alpha value is -0.120.